The van der Waals surface area contributed by atoms with Gasteiger partial charge in [-0.3, -0.25) is 4.79 Å². The molecule has 0 aromatic heterocycles. The van der Waals surface area contributed by atoms with Gasteiger partial charge < -0.3 is 0 Å². The molecular weight excluding hydrogens is 184 g/mol. The smallest absolute Gasteiger partial charge is 0.136 e. The van der Waals surface area contributed by atoms with Gasteiger partial charge in [0.1, 0.15) is 5.78 Å². The summed E-state index contributed by atoms with van der Waals surface area (Å²) in [6.45, 7) is 7.13. The molecule has 1 heteroatoms. The zero-order chi connectivity index (χ0) is 10.8. The quantitative estimate of drug-likeness (QED) is 0.643. The first-order valence-electron chi connectivity index (χ1n) is 6.54. The third-order valence-electron chi connectivity index (χ3n) is 5.66. The zero-order valence-corrected chi connectivity index (χ0v) is 10.1. The number of hydrogen-bond donors (Lipinski definition) is 0. The van der Waals surface area contributed by atoms with Gasteiger partial charge in [-0.2, -0.15) is 0 Å². The molecule has 0 saturated heterocycles. The summed E-state index contributed by atoms with van der Waals surface area (Å²) in [4.78, 5) is 12.0. The Labute approximate surface area is 92.6 Å². The Kier molecular flexibility index (Phi) is 1.88. The van der Waals surface area contributed by atoms with Gasteiger partial charge in [0.15, 0.2) is 0 Å². The first-order valence-corrected chi connectivity index (χ1v) is 6.54. The summed E-state index contributed by atoms with van der Waals surface area (Å²) in [5.41, 5.74) is 0.524. The van der Waals surface area contributed by atoms with Gasteiger partial charge in [0.05, 0.1) is 0 Å². The van der Waals surface area contributed by atoms with E-state index in [4.69, 9.17) is 0 Å². The number of rotatable bonds is 1. The first-order chi connectivity index (χ1) is 7.01. The summed E-state index contributed by atoms with van der Waals surface area (Å²) in [5.74, 6) is 4.25. The van der Waals surface area contributed by atoms with Crippen LogP contribution in [0.3, 0.4) is 0 Å². The normalized spacial score (nSPS) is 52.9. The van der Waals surface area contributed by atoms with E-state index in [0.29, 0.717) is 17.1 Å². The van der Waals surface area contributed by atoms with Crippen molar-refractivity contribution in [2.75, 3.05) is 0 Å². The summed E-state index contributed by atoms with van der Waals surface area (Å²) in [5, 5.41) is 0. The van der Waals surface area contributed by atoms with E-state index in [-0.39, 0.29) is 0 Å². The van der Waals surface area contributed by atoms with E-state index < -0.39 is 0 Å². The third kappa shape index (κ3) is 1.18. The molecule has 3 aliphatic rings. The largest absolute Gasteiger partial charge is 0.299 e. The fourth-order valence-corrected chi connectivity index (χ4v) is 4.97. The lowest BCUT2D eigenvalue weighted by atomic mass is 9.73. The van der Waals surface area contributed by atoms with Gasteiger partial charge >= 0.3 is 0 Å². The lowest BCUT2D eigenvalue weighted by Crippen LogP contribution is -2.29. The van der Waals surface area contributed by atoms with Gasteiger partial charge in [0.25, 0.3) is 0 Å². The molecule has 84 valence electrons. The second kappa shape index (κ2) is 2.87. The minimum absolute atomic E-state index is 0.448. The topological polar surface area (TPSA) is 17.1 Å². The maximum atomic E-state index is 12.0. The molecular formula is C14H22O. The first kappa shape index (κ1) is 9.86. The molecule has 15 heavy (non-hydrogen) atoms. The number of carbonyl (C=O) groups excluding carboxylic acids is 1. The Bertz CT molecular complexity index is 306. The second-order valence-corrected chi connectivity index (χ2v) is 6.84. The lowest BCUT2D eigenvalue weighted by molar-refractivity contribution is -0.126. The van der Waals surface area contributed by atoms with Crippen LogP contribution in [0.4, 0.5) is 0 Å². The van der Waals surface area contributed by atoms with Gasteiger partial charge in [-0.25, -0.2) is 0 Å². The molecule has 0 aromatic carbocycles. The summed E-state index contributed by atoms with van der Waals surface area (Å²) in [7, 11) is 0. The minimum Gasteiger partial charge on any atom is -0.299 e. The molecule has 5 atom stereocenters. The molecule has 3 fully saturated rings. The Morgan fingerprint density at radius 1 is 1.33 bits per heavy atom. The van der Waals surface area contributed by atoms with Crippen molar-refractivity contribution < 1.29 is 4.79 Å². The van der Waals surface area contributed by atoms with Crippen LogP contribution in [0.2, 0.25) is 0 Å². The average molecular weight is 206 g/mol. The number of hydrogen-bond acceptors (Lipinski definition) is 1. The molecule has 1 nitrogen and oxygen atoms in total. The van der Waals surface area contributed by atoms with Crippen LogP contribution in [0.25, 0.3) is 0 Å². The van der Waals surface area contributed by atoms with Gasteiger partial charge in [0.2, 0.25) is 0 Å². The monoisotopic (exact) mass is 206 g/mol. The third-order valence-corrected chi connectivity index (χ3v) is 5.66. The summed E-state index contributed by atoms with van der Waals surface area (Å²) in [6.07, 6.45) is 4.73. The highest BCUT2D eigenvalue weighted by Gasteiger charge is 2.60. The van der Waals surface area contributed by atoms with Gasteiger partial charge in [-0.15, -0.1) is 0 Å². The van der Waals surface area contributed by atoms with Gasteiger partial charge in [0, 0.05) is 12.3 Å². The van der Waals surface area contributed by atoms with Crippen molar-refractivity contribution in [2.45, 2.75) is 46.5 Å². The zero-order valence-electron chi connectivity index (χ0n) is 10.1. The molecule has 0 spiro atoms. The van der Waals surface area contributed by atoms with Crippen LogP contribution in [0.5, 0.6) is 0 Å². The van der Waals surface area contributed by atoms with Crippen molar-refractivity contribution >= 4 is 5.78 Å². The van der Waals surface area contributed by atoms with E-state index in [1.165, 1.54) is 19.3 Å². The van der Waals surface area contributed by atoms with Crippen molar-refractivity contribution in [1.82, 2.24) is 0 Å². The van der Waals surface area contributed by atoms with Crippen LogP contribution in [0.1, 0.15) is 46.5 Å². The van der Waals surface area contributed by atoms with Crippen molar-refractivity contribution in [1.29, 1.82) is 0 Å². The van der Waals surface area contributed by atoms with Crippen LogP contribution in [0, 0.1) is 35.0 Å². The van der Waals surface area contributed by atoms with E-state index in [1.807, 2.05) is 0 Å². The fourth-order valence-electron chi connectivity index (χ4n) is 4.97. The van der Waals surface area contributed by atoms with Crippen molar-refractivity contribution in [3.8, 4) is 0 Å². The Balaban J connectivity index is 1.96. The summed E-state index contributed by atoms with van der Waals surface area (Å²) < 4.78 is 0. The van der Waals surface area contributed by atoms with E-state index in [2.05, 4.69) is 20.8 Å². The second-order valence-electron chi connectivity index (χ2n) is 6.84. The van der Waals surface area contributed by atoms with Gasteiger partial charge in [-0.05, 0) is 48.3 Å². The molecule has 0 aromatic rings. The van der Waals surface area contributed by atoms with E-state index in [1.54, 1.807) is 0 Å². The molecule has 3 rings (SSSR count). The maximum Gasteiger partial charge on any atom is 0.136 e. The van der Waals surface area contributed by atoms with Crippen LogP contribution < -0.4 is 0 Å². The minimum atomic E-state index is 0.448. The molecule has 3 saturated carbocycles. The van der Waals surface area contributed by atoms with E-state index in [0.717, 1.165) is 30.1 Å². The van der Waals surface area contributed by atoms with Crippen LogP contribution >= 0.6 is 0 Å². The van der Waals surface area contributed by atoms with Crippen molar-refractivity contribution in [3.05, 3.63) is 0 Å². The van der Waals surface area contributed by atoms with Crippen LogP contribution in [-0.2, 0) is 4.79 Å². The number of fused-ring (bicyclic) bond motifs is 1. The van der Waals surface area contributed by atoms with Crippen LogP contribution in [-0.4, -0.2) is 5.78 Å². The molecule has 3 aliphatic carbocycles. The Morgan fingerprint density at radius 2 is 2.07 bits per heavy atom. The summed E-state index contributed by atoms with van der Waals surface area (Å²) >= 11 is 0. The molecule has 0 heterocycles. The fraction of sp³-hybridized carbons (Fsp3) is 0.929. The molecule has 0 aliphatic heterocycles. The highest BCUT2D eigenvalue weighted by atomic mass is 16.1. The molecule has 0 amide bonds. The molecule has 0 radical (unpaired) electrons. The van der Waals surface area contributed by atoms with Crippen molar-refractivity contribution in [2.24, 2.45) is 35.0 Å². The highest BCUT2D eigenvalue weighted by molar-refractivity contribution is 5.83. The van der Waals surface area contributed by atoms with Crippen LogP contribution in [0.15, 0.2) is 0 Å². The summed E-state index contributed by atoms with van der Waals surface area (Å²) in [6, 6.07) is 0. The molecule has 0 unspecified atom stereocenters. The number of Topliss-reactive ketones (excluding diaryl/α,β-unsaturated/α-hetero) is 1. The lowest BCUT2D eigenvalue weighted by Gasteiger charge is -2.31. The van der Waals surface area contributed by atoms with Gasteiger partial charge in [-0.1, -0.05) is 20.8 Å². The Hall–Kier alpha value is -0.330. The standard InChI is InChI=1S/C14H22O/c1-8(2)11-7-14(3)6-9-4-12(14)10(11)5-13(9)15/h8-12H,4-7H2,1-3H3/t9-,10-,11+,12-,14+/m1/s1. The predicted octanol–water partition coefficient (Wildman–Crippen LogP) is 3.28. The maximum absolute atomic E-state index is 12.0. The van der Waals surface area contributed by atoms with Crippen molar-refractivity contribution in [3.63, 3.8) is 0 Å². The number of ketones is 1. The number of carbonyl (C=O) groups is 1. The van der Waals surface area contributed by atoms with E-state index >= 15 is 0 Å². The Morgan fingerprint density at radius 3 is 2.73 bits per heavy atom. The highest BCUT2D eigenvalue weighted by Crippen LogP contribution is 2.65. The molecule has 0 N–H and O–H groups in total. The SMILES string of the molecule is CC(C)[C@@H]1C[C@]2(C)C[C@H]3C[C@@H]2[C@@H]1CC3=O. The molecule has 2 bridgehead atoms. The average Bonchev–Trinajstić information content (AvgIpc) is 2.56. The predicted molar refractivity (Wildman–Crippen MR) is 60.4 cm³/mol. The van der Waals surface area contributed by atoms with E-state index in [9.17, 15) is 4.79 Å².